The Kier molecular flexibility index (Phi) is 4.48. The van der Waals surface area contributed by atoms with Crippen molar-refractivity contribution in [1.29, 1.82) is 0 Å². The summed E-state index contributed by atoms with van der Waals surface area (Å²) in [6.45, 7) is 4.83. The van der Waals surface area contributed by atoms with E-state index in [0.717, 1.165) is 38.5 Å². The van der Waals surface area contributed by atoms with Gasteiger partial charge in [0.1, 0.15) is 0 Å². The lowest BCUT2D eigenvalue weighted by atomic mass is 9.43. The van der Waals surface area contributed by atoms with E-state index in [0.29, 0.717) is 29.1 Å². The molecule has 0 radical (unpaired) electrons. The van der Waals surface area contributed by atoms with Crippen molar-refractivity contribution in [3.8, 4) is 0 Å². The molecule has 3 saturated carbocycles. The van der Waals surface area contributed by atoms with Gasteiger partial charge < -0.3 is 10.2 Å². The van der Waals surface area contributed by atoms with Crippen LogP contribution in [0.5, 0.6) is 0 Å². The van der Waals surface area contributed by atoms with Crippen LogP contribution >= 0.6 is 0 Å². The predicted molar refractivity (Wildman–Crippen MR) is 111 cm³/mol. The highest BCUT2D eigenvalue weighted by Crippen LogP contribution is 2.68. The van der Waals surface area contributed by atoms with Gasteiger partial charge in [0.15, 0.2) is 0 Å². The number of aliphatic hydroxyl groups is 2. The fourth-order valence-corrected chi connectivity index (χ4v) is 8.17. The summed E-state index contributed by atoms with van der Waals surface area (Å²) < 4.78 is 0. The van der Waals surface area contributed by atoms with Gasteiger partial charge in [0.25, 0.3) is 0 Å². The number of aliphatic hydroxyl groups excluding tert-OH is 2. The molecule has 1 aromatic rings. The topological polar surface area (TPSA) is 53.4 Å². The van der Waals surface area contributed by atoms with Gasteiger partial charge in [0.2, 0.25) is 0 Å². The minimum atomic E-state index is -0.216. The lowest BCUT2D eigenvalue weighted by Crippen LogP contribution is -2.58. The molecule has 0 amide bonds. The molecule has 0 aromatic carbocycles. The number of fused-ring (bicyclic) bond motifs is 5. The van der Waals surface area contributed by atoms with Gasteiger partial charge in [-0.3, -0.25) is 4.98 Å². The van der Waals surface area contributed by atoms with E-state index in [2.05, 4.69) is 31.0 Å². The zero-order chi connectivity index (χ0) is 19.5. The summed E-state index contributed by atoms with van der Waals surface area (Å²) >= 11 is 0. The summed E-state index contributed by atoms with van der Waals surface area (Å²) in [5.41, 5.74) is 3.26. The van der Waals surface area contributed by atoms with Crippen LogP contribution in [0.2, 0.25) is 0 Å². The molecule has 4 aliphatic rings. The molecule has 3 heteroatoms. The van der Waals surface area contributed by atoms with E-state index in [1.807, 2.05) is 18.5 Å². The predicted octanol–water partition coefficient (Wildman–Crippen LogP) is 4.84. The Morgan fingerprint density at radius 3 is 2.75 bits per heavy atom. The quantitative estimate of drug-likeness (QED) is 0.771. The Bertz CT molecular complexity index is 761. The Labute approximate surface area is 169 Å². The molecular weight excluding hydrogens is 346 g/mol. The first-order chi connectivity index (χ1) is 13.5. The van der Waals surface area contributed by atoms with Gasteiger partial charge in [-0.05, 0) is 103 Å². The normalized spacial score (nSPS) is 47.6. The number of aromatic nitrogens is 1. The van der Waals surface area contributed by atoms with E-state index < -0.39 is 0 Å². The minimum absolute atomic E-state index is 0.162. The fraction of sp³-hybridized carbons (Fsp3) is 0.720. The Hall–Kier alpha value is -1.19. The van der Waals surface area contributed by atoms with E-state index in [1.165, 1.54) is 24.0 Å². The van der Waals surface area contributed by atoms with Gasteiger partial charge in [-0.2, -0.15) is 0 Å². The molecule has 1 aromatic heterocycles. The van der Waals surface area contributed by atoms with Crippen LogP contribution in [-0.2, 0) is 0 Å². The zero-order valence-corrected chi connectivity index (χ0v) is 17.3. The summed E-state index contributed by atoms with van der Waals surface area (Å²) in [7, 11) is 0. The lowest BCUT2D eigenvalue weighted by Gasteiger charge is -2.62. The molecule has 3 nitrogen and oxygen atoms in total. The maximum atomic E-state index is 11.3. The molecule has 8 atom stereocenters. The van der Waals surface area contributed by atoms with E-state index in [1.54, 1.807) is 0 Å². The smallest absolute Gasteiger partial charge is 0.0577 e. The molecule has 0 saturated heterocycles. The Morgan fingerprint density at radius 1 is 1.14 bits per heavy atom. The van der Waals surface area contributed by atoms with Crippen molar-refractivity contribution in [2.24, 2.45) is 34.5 Å². The molecule has 2 N–H and O–H groups in total. The monoisotopic (exact) mass is 381 g/mol. The molecular formula is C25H35NO2. The molecule has 1 heterocycles. The second kappa shape index (κ2) is 6.67. The summed E-state index contributed by atoms with van der Waals surface area (Å²) in [5, 5.41) is 21.6. The van der Waals surface area contributed by atoms with Crippen LogP contribution in [0.3, 0.4) is 0 Å². The van der Waals surface area contributed by atoms with Gasteiger partial charge in [-0.25, -0.2) is 0 Å². The molecule has 4 aliphatic carbocycles. The third kappa shape index (κ3) is 2.51. The molecule has 28 heavy (non-hydrogen) atoms. The third-order valence-corrected chi connectivity index (χ3v) is 9.58. The van der Waals surface area contributed by atoms with Crippen molar-refractivity contribution in [1.82, 2.24) is 4.98 Å². The summed E-state index contributed by atoms with van der Waals surface area (Å²) in [4.78, 5) is 4.39. The van der Waals surface area contributed by atoms with E-state index >= 15 is 0 Å². The van der Waals surface area contributed by atoms with Crippen LogP contribution in [0.1, 0.15) is 70.8 Å². The van der Waals surface area contributed by atoms with Gasteiger partial charge in [-0.15, -0.1) is 0 Å². The highest BCUT2D eigenvalue weighted by Gasteiger charge is 2.61. The van der Waals surface area contributed by atoms with Crippen molar-refractivity contribution in [2.75, 3.05) is 0 Å². The first-order valence-electron chi connectivity index (χ1n) is 11.5. The zero-order valence-electron chi connectivity index (χ0n) is 17.3. The van der Waals surface area contributed by atoms with Crippen molar-refractivity contribution in [2.45, 2.75) is 77.4 Å². The standard InChI is InChI=1S/C25H35NO2/c1-3-25-11-9-20-23(21(25)7-6-19(25)16-5-4-12-26-15-16)22(28)14-17-13-18(27)8-10-24(17,20)2/h4-6,12,15,17-18,20-23,27-28H,3,7-11,13-14H2,1-2H3/t17?,18-,20-,21-,22-,23+,24-,25+/m0/s1. The first kappa shape index (κ1) is 18.8. The van der Waals surface area contributed by atoms with Gasteiger partial charge in [0.05, 0.1) is 12.2 Å². The maximum absolute atomic E-state index is 11.3. The molecule has 0 bridgehead atoms. The average Bonchev–Trinajstić information content (AvgIpc) is 3.10. The fourth-order valence-electron chi connectivity index (χ4n) is 8.17. The van der Waals surface area contributed by atoms with Gasteiger partial charge in [-0.1, -0.05) is 26.0 Å². The highest BCUT2D eigenvalue weighted by molar-refractivity contribution is 5.72. The molecule has 0 aliphatic heterocycles. The number of pyridine rings is 1. The number of nitrogens with zero attached hydrogens (tertiary/aromatic N) is 1. The van der Waals surface area contributed by atoms with E-state index in [4.69, 9.17) is 0 Å². The first-order valence-corrected chi connectivity index (χ1v) is 11.5. The van der Waals surface area contributed by atoms with Crippen LogP contribution in [-0.4, -0.2) is 27.4 Å². The maximum Gasteiger partial charge on any atom is 0.0577 e. The van der Waals surface area contributed by atoms with Crippen molar-refractivity contribution in [3.63, 3.8) is 0 Å². The third-order valence-electron chi connectivity index (χ3n) is 9.58. The Balaban J connectivity index is 1.50. The molecule has 152 valence electrons. The van der Waals surface area contributed by atoms with Crippen LogP contribution < -0.4 is 0 Å². The van der Waals surface area contributed by atoms with Crippen molar-refractivity contribution in [3.05, 3.63) is 36.2 Å². The second-order valence-electron chi connectivity index (χ2n) is 10.4. The largest absolute Gasteiger partial charge is 0.393 e. The number of rotatable bonds is 2. The highest BCUT2D eigenvalue weighted by atomic mass is 16.3. The average molecular weight is 382 g/mol. The van der Waals surface area contributed by atoms with E-state index in [9.17, 15) is 10.2 Å². The summed E-state index contributed by atoms with van der Waals surface area (Å²) in [6.07, 6.45) is 14.5. The van der Waals surface area contributed by atoms with Crippen molar-refractivity contribution < 1.29 is 10.2 Å². The van der Waals surface area contributed by atoms with Crippen LogP contribution in [0.4, 0.5) is 0 Å². The minimum Gasteiger partial charge on any atom is -0.393 e. The summed E-state index contributed by atoms with van der Waals surface area (Å²) in [5.74, 6) is 2.02. The lowest BCUT2D eigenvalue weighted by molar-refractivity contribution is -0.166. The van der Waals surface area contributed by atoms with Crippen LogP contribution in [0, 0.1) is 34.5 Å². The summed E-state index contributed by atoms with van der Waals surface area (Å²) in [6, 6.07) is 4.26. The number of hydrogen-bond donors (Lipinski definition) is 2. The molecule has 0 spiro atoms. The van der Waals surface area contributed by atoms with Crippen LogP contribution in [0.15, 0.2) is 30.6 Å². The number of allylic oxidation sites excluding steroid dienone is 2. The molecule has 3 fully saturated rings. The molecule has 5 rings (SSSR count). The second-order valence-corrected chi connectivity index (χ2v) is 10.4. The van der Waals surface area contributed by atoms with Gasteiger partial charge >= 0.3 is 0 Å². The molecule has 1 unspecified atom stereocenters. The number of hydrogen-bond acceptors (Lipinski definition) is 3. The van der Waals surface area contributed by atoms with E-state index in [-0.39, 0.29) is 17.6 Å². The van der Waals surface area contributed by atoms with Crippen LogP contribution in [0.25, 0.3) is 5.57 Å². The SMILES string of the molecule is CC[C@]12CC[C@H]3[C@@H]([C@@H](O)CC4C[C@@H](O)CC[C@@]43C)[C@@H]1CC=C2c1cccnc1. The Morgan fingerprint density at radius 2 is 2.00 bits per heavy atom. The van der Waals surface area contributed by atoms with Gasteiger partial charge in [0, 0.05) is 12.4 Å². The van der Waals surface area contributed by atoms with Crippen molar-refractivity contribution >= 4 is 5.57 Å².